The third-order valence-electron chi connectivity index (χ3n) is 2.61. The zero-order valence-electron chi connectivity index (χ0n) is 8.26. The summed E-state index contributed by atoms with van der Waals surface area (Å²) in [4.78, 5) is 10.8. The number of aldehydes is 1. The Morgan fingerprint density at radius 3 is 1.92 bits per heavy atom. The van der Waals surface area contributed by atoms with Gasteiger partial charge in [-0.2, -0.15) is 5.06 Å². The Morgan fingerprint density at radius 1 is 1.31 bits per heavy atom. The molecule has 0 spiro atoms. The van der Waals surface area contributed by atoms with E-state index in [1.165, 1.54) is 5.06 Å². The third-order valence-corrected chi connectivity index (χ3v) is 4.01. The van der Waals surface area contributed by atoms with E-state index in [0.717, 1.165) is 10.8 Å². The van der Waals surface area contributed by atoms with Crippen LogP contribution in [-0.2, 0) is 4.79 Å². The molecule has 1 N–H and O–H groups in total. The lowest BCUT2D eigenvalue weighted by Crippen LogP contribution is -2.48. The van der Waals surface area contributed by atoms with Crippen molar-refractivity contribution >= 4 is 22.2 Å². The van der Waals surface area contributed by atoms with Crippen LogP contribution in [0.15, 0.2) is 10.1 Å². The summed E-state index contributed by atoms with van der Waals surface area (Å²) >= 11 is 3.35. The normalized spacial score (nSPS) is 26.6. The molecule has 0 amide bonds. The minimum atomic E-state index is -0.621. The van der Waals surface area contributed by atoms with E-state index in [-0.39, 0.29) is 0 Å². The monoisotopic (exact) mass is 247 g/mol. The van der Waals surface area contributed by atoms with E-state index in [9.17, 15) is 10.0 Å². The topological polar surface area (TPSA) is 40.5 Å². The summed E-state index contributed by atoms with van der Waals surface area (Å²) in [6, 6.07) is 0. The number of hydroxylamine groups is 2. The quantitative estimate of drug-likeness (QED) is 0.722. The maximum absolute atomic E-state index is 10.8. The van der Waals surface area contributed by atoms with Crippen molar-refractivity contribution in [3.05, 3.63) is 10.1 Å². The molecule has 1 rings (SSSR count). The Morgan fingerprint density at radius 2 is 1.77 bits per heavy atom. The van der Waals surface area contributed by atoms with Gasteiger partial charge in [0.2, 0.25) is 0 Å². The Hall–Kier alpha value is -0.190. The first-order valence-corrected chi connectivity index (χ1v) is 4.90. The molecule has 0 aromatic heterocycles. The molecule has 0 unspecified atom stereocenters. The minimum Gasteiger partial charge on any atom is -0.312 e. The van der Waals surface area contributed by atoms with Gasteiger partial charge in [-0.15, -0.1) is 0 Å². The van der Waals surface area contributed by atoms with Gasteiger partial charge in [-0.1, -0.05) is 15.9 Å². The van der Waals surface area contributed by atoms with Crippen LogP contribution < -0.4 is 0 Å². The number of rotatable bonds is 1. The van der Waals surface area contributed by atoms with E-state index in [0.29, 0.717) is 5.57 Å². The van der Waals surface area contributed by atoms with E-state index in [1.807, 2.05) is 27.7 Å². The highest BCUT2D eigenvalue weighted by Crippen LogP contribution is 2.45. The largest absolute Gasteiger partial charge is 0.312 e. The maximum atomic E-state index is 10.8. The number of carbonyl (C=O) groups excluding carboxylic acids is 1. The predicted molar refractivity (Wildman–Crippen MR) is 53.8 cm³/mol. The fourth-order valence-corrected chi connectivity index (χ4v) is 2.45. The molecule has 0 radical (unpaired) electrons. The van der Waals surface area contributed by atoms with Gasteiger partial charge < -0.3 is 5.21 Å². The van der Waals surface area contributed by atoms with Gasteiger partial charge in [0.05, 0.1) is 11.1 Å². The molecule has 0 fully saturated rings. The number of hydrogen-bond acceptors (Lipinski definition) is 3. The molecule has 4 heteroatoms. The van der Waals surface area contributed by atoms with E-state index in [4.69, 9.17) is 0 Å². The number of halogens is 1. The van der Waals surface area contributed by atoms with E-state index >= 15 is 0 Å². The van der Waals surface area contributed by atoms with Crippen LogP contribution >= 0.6 is 15.9 Å². The molecule has 74 valence electrons. The summed E-state index contributed by atoms with van der Waals surface area (Å²) in [5.41, 5.74) is -0.552. The molecular weight excluding hydrogens is 234 g/mol. The molecule has 0 aliphatic carbocycles. The van der Waals surface area contributed by atoms with Crippen molar-refractivity contribution in [3.8, 4) is 0 Å². The van der Waals surface area contributed by atoms with Gasteiger partial charge in [-0.05, 0) is 27.7 Å². The SMILES string of the molecule is CC1(C)C(Br)=C(C=O)C(C)(C)N1O. The van der Waals surface area contributed by atoms with Crippen molar-refractivity contribution in [2.45, 2.75) is 38.8 Å². The summed E-state index contributed by atoms with van der Waals surface area (Å²) in [5.74, 6) is 0. The van der Waals surface area contributed by atoms with Crippen molar-refractivity contribution in [2.75, 3.05) is 0 Å². The Balaban J connectivity index is 3.31. The third kappa shape index (κ3) is 1.28. The van der Waals surface area contributed by atoms with Crippen molar-refractivity contribution in [1.82, 2.24) is 5.06 Å². The van der Waals surface area contributed by atoms with Crippen LogP contribution in [0.5, 0.6) is 0 Å². The lowest BCUT2D eigenvalue weighted by Gasteiger charge is -2.35. The van der Waals surface area contributed by atoms with Gasteiger partial charge in [-0.25, -0.2) is 0 Å². The highest BCUT2D eigenvalue weighted by Gasteiger charge is 2.49. The van der Waals surface area contributed by atoms with Gasteiger partial charge in [0.1, 0.15) is 6.29 Å². The first-order valence-electron chi connectivity index (χ1n) is 4.11. The smallest absolute Gasteiger partial charge is 0.148 e. The molecular formula is C9H14BrNO2. The molecule has 0 aromatic carbocycles. The molecule has 1 aliphatic heterocycles. The molecule has 0 aromatic rings. The summed E-state index contributed by atoms with van der Waals surface area (Å²) < 4.78 is 0.752. The highest BCUT2D eigenvalue weighted by molar-refractivity contribution is 9.11. The first-order chi connectivity index (χ1) is 5.76. The lowest BCUT2D eigenvalue weighted by molar-refractivity contribution is -0.185. The summed E-state index contributed by atoms with van der Waals surface area (Å²) in [7, 11) is 0. The molecule has 0 bridgehead atoms. The Kier molecular flexibility index (Phi) is 2.43. The zero-order valence-corrected chi connectivity index (χ0v) is 9.84. The van der Waals surface area contributed by atoms with Crippen molar-refractivity contribution < 1.29 is 10.0 Å². The zero-order chi connectivity index (χ0) is 10.4. The van der Waals surface area contributed by atoms with E-state index in [2.05, 4.69) is 15.9 Å². The number of hydrogen-bond donors (Lipinski definition) is 1. The molecule has 0 saturated carbocycles. The summed E-state index contributed by atoms with van der Waals surface area (Å²) in [6.45, 7) is 7.34. The van der Waals surface area contributed by atoms with Gasteiger partial charge in [0.15, 0.2) is 0 Å². The van der Waals surface area contributed by atoms with Crippen LogP contribution in [0.4, 0.5) is 0 Å². The van der Waals surface area contributed by atoms with Gasteiger partial charge >= 0.3 is 0 Å². The molecule has 3 nitrogen and oxygen atoms in total. The second-order valence-electron chi connectivity index (χ2n) is 4.28. The van der Waals surface area contributed by atoms with Crippen molar-refractivity contribution in [1.29, 1.82) is 0 Å². The molecule has 0 saturated heterocycles. The van der Waals surface area contributed by atoms with Crippen LogP contribution in [0, 0.1) is 0 Å². The molecule has 0 atom stereocenters. The standard InChI is InChI=1S/C9H14BrNO2/c1-8(2)6(5-12)7(10)9(3,4)11(8)13/h5,13H,1-4H3. The maximum Gasteiger partial charge on any atom is 0.148 e. The summed E-state index contributed by atoms with van der Waals surface area (Å²) in [5, 5.41) is 11.1. The number of carbonyl (C=O) groups is 1. The fraction of sp³-hybridized carbons (Fsp3) is 0.667. The summed E-state index contributed by atoms with van der Waals surface area (Å²) in [6.07, 6.45) is 0.794. The minimum absolute atomic E-state index is 0.528. The number of nitrogens with zero attached hydrogens (tertiary/aromatic N) is 1. The average molecular weight is 248 g/mol. The van der Waals surface area contributed by atoms with Gasteiger partial charge in [-0.3, -0.25) is 4.79 Å². The van der Waals surface area contributed by atoms with Crippen molar-refractivity contribution in [3.63, 3.8) is 0 Å². The van der Waals surface area contributed by atoms with Crippen LogP contribution in [0.1, 0.15) is 27.7 Å². The fourth-order valence-electron chi connectivity index (χ4n) is 1.70. The Labute approximate surface area is 86.5 Å². The first kappa shape index (κ1) is 10.9. The lowest BCUT2D eigenvalue weighted by atomic mass is 9.98. The van der Waals surface area contributed by atoms with E-state index in [1.54, 1.807) is 0 Å². The molecule has 1 heterocycles. The van der Waals surface area contributed by atoms with Gasteiger partial charge in [0.25, 0.3) is 0 Å². The second kappa shape index (κ2) is 2.90. The average Bonchev–Trinajstić information content (AvgIpc) is 2.12. The van der Waals surface area contributed by atoms with E-state index < -0.39 is 11.1 Å². The molecule has 13 heavy (non-hydrogen) atoms. The van der Waals surface area contributed by atoms with Gasteiger partial charge in [0, 0.05) is 10.1 Å². The van der Waals surface area contributed by atoms with Crippen LogP contribution in [0.3, 0.4) is 0 Å². The highest BCUT2D eigenvalue weighted by atomic mass is 79.9. The van der Waals surface area contributed by atoms with Crippen LogP contribution in [0.2, 0.25) is 0 Å². The van der Waals surface area contributed by atoms with Crippen LogP contribution in [-0.4, -0.2) is 27.6 Å². The molecule has 1 aliphatic rings. The second-order valence-corrected chi connectivity index (χ2v) is 5.07. The predicted octanol–water partition coefficient (Wildman–Crippen LogP) is 2.10. The Bertz CT molecular complexity index is 281. The van der Waals surface area contributed by atoms with Crippen molar-refractivity contribution in [2.24, 2.45) is 0 Å². The van der Waals surface area contributed by atoms with Crippen LogP contribution in [0.25, 0.3) is 0 Å².